The molecule has 0 aliphatic heterocycles. The third-order valence-corrected chi connectivity index (χ3v) is 3.71. The van der Waals surface area contributed by atoms with Crippen LogP contribution in [0.3, 0.4) is 0 Å². The maximum absolute atomic E-state index is 12.2. The number of carbonyl (C=O) groups is 1. The maximum atomic E-state index is 12.2. The van der Waals surface area contributed by atoms with E-state index in [2.05, 4.69) is 26.2 Å². The second kappa shape index (κ2) is 5.53. The highest BCUT2D eigenvalue weighted by molar-refractivity contribution is 9.10. The number of carbonyl (C=O) groups excluding carboxylic acids is 1. The van der Waals surface area contributed by atoms with Crippen LogP contribution in [-0.2, 0) is 0 Å². The van der Waals surface area contributed by atoms with Crippen LogP contribution >= 0.6 is 15.9 Å². The number of hydrogen-bond donors (Lipinski definition) is 1. The Morgan fingerprint density at radius 2 is 1.95 bits per heavy atom. The van der Waals surface area contributed by atoms with Gasteiger partial charge >= 0.3 is 0 Å². The minimum absolute atomic E-state index is 0.142. The van der Waals surface area contributed by atoms with Crippen molar-refractivity contribution in [1.29, 1.82) is 0 Å². The molecule has 1 heterocycles. The van der Waals surface area contributed by atoms with Gasteiger partial charge < -0.3 is 5.32 Å². The number of anilines is 1. The van der Waals surface area contributed by atoms with Gasteiger partial charge in [-0.2, -0.15) is 0 Å². The number of pyridine rings is 1. The van der Waals surface area contributed by atoms with Crippen molar-refractivity contribution < 1.29 is 4.79 Å². The monoisotopic (exact) mass is 318 g/mol. The molecule has 1 amide bonds. The summed E-state index contributed by atoms with van der Waals surface area (Å²) in [5.41, 5.74) is 3.54. The molecule has 0 saturated heterocycles. The predicted molar refractivity (Wildman–Crippen MR) is 80.5 cm³/mol. The zero-order valence-corrected chi connectivity index (χ0v) is 12.7. The van der Waals surface area contributed by atoms with Crippen LogP contribution in [0, 0.1) is 20.8 Å². The Bertz CT molecular complexity index is 618. The van der Waals surface area contributed by atoms with Crippen molar-refractivity contribution in [3.05, 3.63) is 57.2 Å². The Hall–Kier alpha value is -1.68. The summed E-state index contributed by atoms with van der Waals surface area (Å²) < 4.78 is 0.925. The van der Waals surface area contributed by atoms with E-state index in [9.17, 15) is 4.79 Å². The summed E-state index contributed by atoms with van der Waals surface area (Å²) in [4.78, 5) is 16.5. The molecular weight excluding hydrogens is 304 g/mol. The van der Waals surface area contributed by atoms with E-state index >= 15 is 0 Å². The molecule has 3 nitrogen and oxygen atoms in total. The summed E-state index contributed by atoms with van der Waals surface area (Å²) in [6, 6.07) is 9.40. The first kappa shape index (κ1) is 13.7. The van der Waals surface area contributed by atoms with Crippen LogP contribution in [0.4, 0.5) is 5.82 Å². The topological polar surface area (TPSA) is 42.0 Å². The summed E-state index contributed by atoms with van der Waals surface area (Å²) in [5, 5.41) is 2.84. The lowest BCUT2D eigenvalue weighted by molar-refractivity contribution is 0.102. The average molecular weight is 319 g/mol. The number of halogens is 1. The standard InChI is InChI=1S/C15H15BrN2O/c1-9-7-10(2)17-14(8-9)18-15(19)12-5-4-6-13(16)11(12)3/h4-8H,1-3H3,(H,17,18,19). The van der Waals surface area contributed by atoms with Crippen molar-refractivity contribution in [3.63, 3.8) is 0 Å². The lowest BCUT2D eigenvalue weighted by Gasteiger charge is -2.09. The first-order valence-corrected chi connectivity index (χ1v) is 6.78. The Morgan fingerprint density at radius 3 is 2.63 bits per heavy atom. The quantitative estimate of drug-likeness (QED) is 0.908. The number of amides is 1. The number of nitrogens with one attached hydrogen (secondary N) is 1. The molecule has 0 spiro atoms. The van der Waals surface area contributed by atoms with E-state index in [4.69, 9.17) is 0 Å². The number of aromatic nitrogens is 1. The van der Waals surface area contributed by atoms with Gasteiger partial charge in [0.15, 0.2) is 0 Å². The highest BCUT2D eigenvalue weighted by Gasteiger charge is 2.11. The Labute approximate surface area is 121 Å². The normalized spacial score (nSPS) is 10.3. The highest BCUT2D eigenvalue weighted by atomic mass is 79.9. The van der Waals surface area contributed by atoms with Gasteiger partial charge in [0.25, 0.3) is 5.91 Å². The van der Waals surface area contributed by atoms with Gasteiger partial charge in [-0.15, -0.1) is 0 Å². The van der Waals surface area contributed by atoms with Gasteiger partial charge in [-0.3, -0.25) is 4.79 Å². The first-order chi connectivity index (χ1) is 8.97. The van der Waals surface area contributed by atoms with Crippen LogP contribution in [0.2, 0.25) is 0 Å². The molecular formula is C15H15BrN2O. The summed E-state index contributed by atoms with van der Waals surface area (Å²) >= 11 is 3.43. The largest absolute Gasteiger partial charge is 0.307 e. The number of benzene rings is 1. The molecule has 1 N–H and O–H groups in total. The van der Waals surface area contributed by atoms with Crippen LogP contribution in [0.15, 0.2) is 34.8 Å². The number of nitrogens with zero attached hydrogens (tertiary/aromatic N) is 1. The van der Waals surface area contributed by atoms with Crippen LogP contribution in [0.1, 0.15) is 27.2 Å². The fraction of sp³-hybridized carbons (Fsp3) is 0.200. The first-order valence-electron chi connectivity index (χ1n) is 5.99. The van der Waals surface area contributed by atoms with Gasteiger partial charge in [0.1, 0.15) is 5.82 Å². The molecule has 1 aromatic carbocycles. The molecule has 1 aromatic heterocycles. The SMILES string of the molecule is Cc1cc(C)nc(NC(=O)c2cccc(Br)c2C)c1. The molecule has 0 aliphatic rings. The van der Waals surface area contributed by atoms with Crippen molar-refractivity contribution >= 4 is 27.7 Å². The van der Waals surface area contributed by atoms with Gasteiger partial charge in [0, 0.05) is 15.7 Å². The second-order valence-electron chi connectivity index (χ2n) is 4.54. The van der Waals surface area contributed by atoms with Gasteiger partial charge in [-0.25, -0.2) is 4.98 Å². The Kier molecular flexibility index (Phi) is 4.00. The molecule has 0 aliphatic carbocycles. The third kappa shape index (κ3) is 3.20. The molecule has 0 bridgehead atoms. The zero-order chi connectivity index (χ0) is 14.0. The lowest BCUT2D eigenvalue weighted by atomic mass is 10.1. The average Bonchev–Trinajstić information content (AvgIpc) is 2.31. The van der Waals surface area contributed by atoms with Crippen LogP contribution in [0.25, 0.3) is 0 Å². The van der Waals surface area contributed by atoms with E-state index in [0.717, 1.165) is 21.3 Å². The van der Waals surface area contributed by atoms with Crippen molar-refractivity contribution in [3.8, 4) is 0 Å². The van der Waals surface area contributed by atoms with Crippen molar-refractivity contribution in [1.82, 2.24) is 4.98 Å². The zero-order valence-electron chi connectivity index (χ0n) is 11.1. The van der Waals surface area contributed by atoms with Crippen LogP contribution in [0.5, 0.6) is 0 Å². The highest BCUT2D eigenvalue weighted by Crippen LogP contribution is 2.20. The fourth-order valence-electron chi connectivity index (χ4n) is 1.94. The van der Waals surface area contributed by atoms with Crippen molar-refractivity contribution in [2.45, 2.75) is 20.8 Å². The Morgan fingerprint density at radius 1 is 1.21 bits per heavy atom. The number of aryl methyl sites for hydroxylation is 2. The minimum atomic E-state index is -0.142. The number of rotatable bonds is 2. The molecule has 0 saturated carbocycles. The summed E-state index contributed by atoms with van der Waals surface area (Å²) in [5.74, 6) is 0.443. The molecule has 98 valence electrons. The summed E-state index contributed by atoms with van der Waals surface area (Å²) in [6.45, 7) is 5.80. The van der Waals surface area contributed by atoms with Crippen LogP contribution < -0.4 is 5.32 Å². The van der Waals surface area contributed by atoms with E-state index in [0.29, 0.717) is 11.4 Å². The lowest BCUT2D eigenvalue weighted by Crippen LogP contribution is -2.14. The van der Waals surface area contributed by atoms with Crippen molar-refractivity contribution in [2.24, 2.45) is 0 Å². The van der Waals surface area contributed by atoms with Gasteiger partial charge in [0.05, 0.1) is 0 Å². The van der Waals surface area contributed by atoms with E-state index in [1.165, 1.54) is 0 Å². The van der Waals surface area contributed by atoms with Gasteiger partial charge in [-0.05, 0) is 56.2 Å². The summed E-state index contributed by atoms with van der Waals surface area (Å²) in [6.07, 6.45) is 0. The van der Waals surface area contributed by atoms with Gasteiger partial charge in [0.2, 0.25) is 0 Å². The third-order valence-electron chi connectivity index (χ3n) is 2.85. The molecule has 4 heteroatoms. The number of hydrogen-bond acceptors (Lipinski definition) is 2. The smallest absolute Gasteiger partial charge is 0.257 e. The molecule has 19 heavy (non-hydrogen) atoms. The molecule has 2 aromatic rings. The molecule has 0 unspecified atom stereocenters. The van der Waals surface area contributed by atoms with E-state index in [-0.39, 0.29) is 5.91 Å². The van der Waals surface area contributed by atoms with Gasteiger partial charge in [-0.1, -0.05) is 22.0 Å². The maximum Gasteiger partial charge on any atom is 0.257 e. The predicted octanol–water partition coefficient (Wildman–Crippen LogP) is 4.02. The second-order valence-corrected chi connectivity index (χ2v) is 5.39. The Balaban J connectivity index is 2.28. The van der Waals surface area contributed by atoms with Crippen molar-refractivity contribution in [2.75, 3.05) is 5.32 Å². The van der Waals surface area contributed by atoms with Crippen LogP contribution in [-0.4, -0.2) is 10.9 Å². The van der Waals surface area contributed by atoms with E-state index in [1.54, 1.807) is 6.07 Å². The minimum Gasteiger partial charge on any atom is -0.307 e. The molecule has 0 fully saturated rings. The van der Waals surface area contributed by atoms with E-state index in [1.807, 2.05) is 45.0 Å². The molecule has 0 radical (unpaired) electrons. The fourth-order valence-corrected chi connectivity index (χ4v) is 2.31. The summed E-state index contributed by atoms with van der Waals surface area (Å²) in [7, 11) is 0. The molecule has 2 rings (SSSR count). The molecule has 0 atom stereocenters. The van der Waals surface area contributed by atoms with E-state index < -0.39 is 0 Å².